The normalized spacial score (nSPS) is 15.0. The second-order valence-electron chi connectivity index (χ2n) is 7.18. The number of ether oxygens (including phenoxy) is 1. The summed E-state index contributed by atoms with van der Waals surface area (Å²) >= 11 is 0. The van der Waals surface area contributed by atoms with E-state index in [9.17, 15) is 9.90 Å². The van der Waals surface area contributed by atoms with Gasteiger partial charge in [0.1, 0.15) is 6.10 Å². The molecule has 6 heteroatoms. The molecule has 0 unspecified atom stereocenters. The number of anilines is 3. The molecule has 0 fully saturated rings. The number of hydrogen-bond acceptors (Lipinski definition) is 5. The third-order valence-corrected chi connectivity index (χ3v) is 5.25. The van der Waals surface area contributed by atoms with Gasteiger partial charge in [-0.2, -0.15) is 0 Å². The monoisotopic (exact) mass is 389 g/mol. The van der Waals surface area contributed by atoms with Gasteiger partial charge >= 0.3 is 5.97 Å². The van der Waals surface area contributed by atoms with E-state index >= 15 is 0 Å². The van der Waals surface area contributed by atoms with E-state index in [1.165, 1.54) is 24.0 Å². The maximum absolute atomic E-state index is 11.3. The molecule has 0 spiro atoms. The van der Waals surface area contributed by atoms with Crippen LogP contribution in [0.4, 0.5) is 17.1 Å². The van der Waals surface area contributed by atoms with Gasteiger partial charge in [-0.1, -0.05) is 23.8 Å². The summed E-state index contributed by atoms with van der Waals surface area (Å²) in [7, 11) is 2.05. The van der Waals surface area contributed by atoms with E-state index in [1.807, 2.05) is 0 Å². The van der Waals surface area contributed by atoms with Crippen molar-refractivity contribution in [1.29, 1.82) is 0 Å². The van der Waals surface area contributed by atoms with Crippen LogP contribution in [-0.4, -0.2) is 29.7 Å². The van der Waals surface area contributed by atoms with Gasteiger partial charge in [-0.05, 0) is 48.4 Å². The number of aryl methyl sites for hydroxylation is 1. The minimum absolute atomic E-state index is 0.134. The van der Waals surface area contributed by atoms with Crippen LogP contribution < -0.4 is 10.2 Å². The zero-order chi connectivity index (χ0) is 20.4. The van der Waals surface area contributed by atoms with Crippen LogP contribution in [0.5, 0.6) is 0 Å². The smallest absolute Gasteiger partial charge is 0.337 e. The fourth-order valence-corrected chi connectivity index (χ4v) is 3.53. The first-order valence-corrected chi connectivity index (χ1v) is 9.49. The van der Waals surface area contributed by atoms with Gasteiger partial charge in [0.15, 0.2) is 0 Å². The van der Waals surface area contributed by atoms with Crippen LogP contribution in [0.3, 0.4) is 0 Å². The first-order chi connectivity index (χ1) is 14.0. The van der Waals surface area contributed by atoms with Crippen LogP contribution in [0.25, 0.3) is 0 Å². The van der Waals surface area contributed by atoms with Crippen molar-refractivity contribution in [2.24, 2.45) is 0 Å². The molecule has 2 aromatic carbocycles. The molecule has 0 saturated carbocycles. The summed E-state index contributed by atoms with van der Waals surface area (Å²) in [6.07, 6.45) is 2.87. The van der Waals surface area contributed by atoms with Crippen molar-refractivity contribution in [3.05, 3.63) is 83.2 Å². The Morgan fingerprint density at radius 1 is 1.21 bits per heavy atom. The molecule has 1 aliphatic rings. The molecule has 1 aliphatic heterocycles. The molecule has 0 radical (unpaired) electrons. The molecule has 0 aliphatic carbocycles. The number of pyridine rings is 1. The number of carboxylic acids is 1. The summed E-state index contributed by atoms with van der Waals surface area (Å²) in [5, 5.41) is 12.5. The minimum atomic E-state index is -0.980. The topological polar surface area (TPSA) is 74.7 Å². The standard InChI is InChI=1S/C23H23N3O3/c1-15-3-5-17(6-4-15)26(2)18-7-8-19-16(11-18)14-29-22(19)13-25-21-12-24-10-9-20(21)23(27)28/h3-12,22,25H,13-14H2,1-2H3,(H,27,28)/t22-/m1/s1. The van der Waals surface area contributed by atoms with Crippen molar-refractivity contribution in [3.8, 4) is 0 Å². The van der Waals surface area contributed by atoms with E-state index in [4.69, 9.17) is 4.74 Å². The maximum atomic E-state index is 11.3. The summed E-state index contributed by atoms with van der Waals surface area (Å²) in [4.78, 5) is 17.5. The second-order valence-corrected chi connectivity index (χ2v) is 7.18. The van der Waals surface area contributed by atoms with E-state index < -0.39 is 5.97 Å². The SMILES string of the molecule is Cc1ccc(N(C)c2ccc3c(c2)CO[C@@H]3CNc2cnccc2C(=O)O)cc1. The molecule has 29 heavy (non-hydrogen) atoms. The van der Waals surface area contributed by atoms with Crippen LogP contribution in [0.1, 0.15) is 33.2 Å². The van der Waals surface area contributed by atoms with Crippen LogP contribution >= 0.6 is 0 Å². The third-order valence-electron chi connectivity index (χ3n) is 5.25. The van der Waals surface area contributed by atoms with E-state index in [-0.39, 0.29) is 11.7 Å². The van der Waals surface area contributed by atoms with Gasteiger partial charge in [-0.3, -0.25) is 4.98 Å². The Bertz CT molecular complexity index is 1030. The summed E-state index contributed by atoms with van der Waals surface area (Å²) in [5.41, 5.74) is 6.44. The van der Waals surface area contributed by atoms with Crippen LogP contribution in [0.15, 0.2) is 60.9 Å². The molecule has 4 rings (SSSR count). The fourth-order valence-electron chi connectivity index (χ4n) is 3.53. The highest BCUT2D eigenvalue weighted by Gasteiger charge is 2.24. The Hall–Kier alpha value is -3.38. The predicted octanol–water partition coefficient (Wildman–Crippen LogP) is 4.54. The van der Waals surface area contributed by atoms with E-state index in [0.717, 1.165) is 22.5 Å². The number of benzene rings is 2. The molecule has 1 atom stereocenters. The summed E-state index contributed by atoms with van der Waals surface area (Å²) < 4.78 is 5.95. The lowest BCUT2D eigenvalue weighted by Gasteiger charge is -2.21. The number of nitrogens with one attached hydrogen (secondary N) is 1. The number of nitrogens with zero attached hydrogens (tertiary/aromatic N) is 2. The molecule has 2 N–H and O–H groups in total. The van der Waals surface area contributed by atoms with E-state index in [1.54, 1.807) is 0 Å². The van der Waals surface area contributed by atoms with Crippen LogP contribution in [0, 0.1) is 6.92 Å². The Kier molecular flexibility index (Phi) is 5.18. The zero-order valence-corrected chi connectivity index (χ0v) is 16.4. The van der Waals surface area contributed by atoms with Crippen molar-refractivity contribution < 1.29 is 14.6 Å². The average Bonchev–Trinajstić information content (AvgIpc) is 3.14. The van der Waals surface area contributed by atoms with Gasteiger partial charge < -0.3 is 20.1 Å². The molecular weight excluding hydrogens is 366 g/mol. The van der Waals surface area contributed by atoms with Crippen molar-refractivity contribution in [2.75, 3.05) is 23.8 Å². The first kappa shape index (κ1) is 19.0. The lowest BCUT2D eigenvalue weighted by atomic mass is 10.0. The number of carbonyl (C=O) groups is 1. The molecule has 1 aromatic heterocycles. The first-order valence-electron chi connectivity index (χ1n) is 9.49. The molecule has 2 heterocycles. The lowest BCUT2D eigenvalue weighted by molar-refractivity contribution is 0.0695. The van der Waals surface area contributed by atoms with E-state index in [2.05, 4.69) is 71.6 Å². The highest BCUT2D eigenvalue weighted by atomic mass is 16.5. The number of carboxylic acid groups (broad SMARTS) is 1. The minimum Gasteiger partial charge on any atom is -0.478 e. The molecule has 148 valence electrons. The predicted molar refractivity (Wildman–Crippen MR) is 113 cm³/mol. The third kappa shape index (κ3) is 3.93. The highest BCUT2D eigenvalue weighted by molar-refractivity contribution is 5.93. The molecule has 6 nitrogen and oxygen atoms in total. The number of aromatic nitrogens is 1. The Labute approximate surface area is 169 Å². The van der Waals surface area contributed by atoms with Gasteiger partial charge in [-0.25, -0.2) is 4.79 Å². The average molecular weight is 389 g/mol. The van der Waals surface area contributed by atoms with Gasteiger partial charge in [0.05, 0.1) is 24.1 Å². The second kappa shape index (κ2) is 7.93. The fraction of sp³-hybridized carbons (Fsp3) is 0.217. The maximum Gasteiger partial charge on any atom is 0.337 e. The van der Waals surface area contributed by atoms with Gasteiger partial charge in [0, 0.05) is 31.2 Å². The molecule has 3 aromatic rings. The number of aromatic carboxylic acids is 1. The van der Waals surface area contributed by atoms with E-state index in [0.29, 0.717) is 18.8 Å². The number of hydrogen-bond donors (Lipinski definition) is 2. The number of fused-ring (bicyclic) bond motifs is 1. The lowest BCUT2D eigenvalue weighted by Crippen LogP contribution is -2.14. The Balaban J connectivity index is 1.49. The molecule has 0 bridgehead atoms. The zero-order valence-electron chi connectivity index (χ0n) is 16.4. The Morgan fingerprint density at radius 2 is 1.97 bits per heavy atom. The largest absolute Gasteiger partial charge is 0.478 e. The van der Waals surface area contributed by atoms with Crippen molar-refractivity contribution in [1.82, 2.24) is 4.98 Å². The Morgan fingerprint density at radius 3 is 2.72 bits per heavy atom. The molecule has 0 amide bonds. The number of rotatable bonds is 6. The van der Waals surface area contributed by atoms with Crippen LogP contribution in [0.2, 0.25) is 0 Å². The van der Waals surface area contributed by atoms with Crippen LogP contribution in [-0.2, 0) is 11.3 Å². The van der Waals surface area contributed by atoms with Crippen molar-refractivity contribution in [2.45, 2.75) is 19.6 Å². The molecular formula is C23H23N3O3. The molecule has 0 saturated heterocycles. The van der Waals surface area contributed by atoms with Gasteiger partial charge in [-0.15, -0.1) is 0 Å². The highest BCUT2D eigenvalue weighted by Crippen LogP contribution is 2.35. The summed E-state index contributed by atoms with van der Waals surface area (Å²) in [6.45, 7) is 3.10. The summed E-state index contributed by atoms with van der Waals surface area (Å²) in [5.74, 6) is -0.980. The van der Waals surface area contributed by atoms with Gasteiger partial charge in [0.25, 0.3) is 0 Å². The van der Waals surface area contributed by atoms with Crippen molar-refractivity contribution in [3.63, 3.8) is 0 Å². The quantitative estimate of drug-likeness (QED) is 0.645. The summed E-state index contributed by atoms with van der Waals surface area (Å²) in [6, 6.07) is 16.3. The van der Waals surface area contributed by atoms with Gasteiger partial charge in [0.2, 0.25) is 0 Å². The van der Waals surface area contributed by atoms with Crippen molar-refractivity contribution >= 4 is 23.0 Å².